The highest BCUT2D eigenvalue weighted by Gasteiger charge is 2.28. The maximum absolute atomic E-state index is 12.3. The standard InChI is InChI=1S/C13H15F3N2O4S/c14-13(15,16)9-22-11-3-1-2-10(8-11)12(19)18-5-4-17-23(20,21)7-6-18/h1-3,8,17H,4-7,9H2. The smallest absolute Gasteiger partial charge is 0.422 e. The minimum absolute atomic E-state index is 0.0157. The van der Waals surface area contributed by atoms with Gasteiger partial charge in [-0.15, -0.1) is 0 Å². The van der Waals surface area contributed by atoms with Gasteiger partial charge in [0.25, 0.3) is 5.91 Å². The minimum Gasteiger partial charge on any atom is -0.484 e. The molecule has 23 heavy (non-hydrogen) atoms. The second-order valence-electron chi connectivity index (χ2n) is 4.94. The molecule has 2 rings (SSSR count). The average Bonchev–Trinajstić information content (AvgIpc) is 2.65. The Morgan fingerprint density at radius 2 is 2.04 bits per heavy atom. The molecule has 0 spiro atoms. The molecule has 6 nitrogen and oxygen atoms in total. The first-order valence-corrected chi connectivity index (χ1v) is 8.38. The van der Waals surface area contributed by atoms with Gasteiger partial charge in [-0.3, -0.25) is 4.79 Å². The van der Waals surface area contributed by atoms with Gasteiger partial charge in [0.1, 0.15) is 5.75 Å². The molecule has 0 radical (unpaired) electrons. The Balaban J connectivity index is 2.07. The summed E-state index contributed by atoms with van der Waals surface area (Å²) in [6.07, 6.45) is -4.47. The van der Waals surface area contributed by atoms with Gasteiger partial charge < -0.3 is 9.64 Å². The zero-order chi connectivity index (χ0) is 17.1. The summed E-state index contributed by atoms with van der Waals surface area (Å²) in [5.41, 5.74) is 0.143. The fraction of sp³-hybridized carbons (Fsp3) is 0.462. The third-order valence-corrected chi connectivity index (χ3v) is 4.47. The van der Waals surface area contributed by atoms with Crippen LogP contribution in [0.2, 0.25) is 0 Å². The molecule has 0 bridgehead atoms. The predicted molar refractivity (Wildman–Crippen MR) is 75.7 cm³/mol. The normalized spacial score (nSPS) is 18.3. The van der Waals surface area contributed by atoms with Crippen LogP contribution in [-0.4, -0.2) is 57.4 Å². The van der Waals surface area contributed by atoms with Gasteiger partial charge >= 0.3 is 6.18 Å². The van der Waals surface area contributed by atoms with Crippen LogP contribution >= 0.6 is 0 Å². The van der Waals surface area contributed by atoms with Crippen molar-refractivity contribution in [1.29, 1.82) is 0 Å². The highest BCUT2D eigenvalue weighted by molar-refractivity contribution is 7.89. The second-order valence-corrected chi connectivity index (χ2v) is 6.86. The lowest BCUT2D eigenvalue weighted by Gasteiger charge is -2.19. The molecule has 1 fully saturated rings. The zero-order valence-corrected chi connectivity index (χ0v) is 12.8. The molecule has 1 N–H and O–H groups in total. The molecule has 10 heteroatoms. The number of benzene rings is 1. The largest absolute Gasteiger partial charge is 0.484 e. The molecule has 0 unspecified atom stereocenters. The van der Waals surface area contributed by atoms with E-state index < -0.39 is 28.7 Å². The van der Waals surface area contributed by atoms with Gasteiger partial charge in [0.05, 0.1) is 5.75 Å². The van der Waals surface area contributed by atoms with Gasteiger partial charge in [-0.1, -0.05) is 6.07 Å². The van der Waals surface area contributed by atoms with Crippen LogP contribution in [0, 0.1) is 0 Å². The van der Waals surface area contributed by atoms with Crippen molar-refractivity contribution in [2.75, 3.05) is 32.0 Å². The summed E-state index contributed by atoms with van der Waals surface area (Å²) in [5, 5.41) is 0. The van der Waals surface area contributed by atoms with Crippen LogP contribution < -0.4 is 9.46 Å². The summed E-state index contributed by atoms with van der Waals surface area (Å²) in [7, 11) is -3.39. The molecule has 1 aliphatic rings. The van der Waals surface area contributed by atoms with Crippen molar-refractivity contribution in [3.8, 4) is 5.75 Å². The van der Waals surface area contributed by atoms with Crippen molar-refractivity contribution >= 4 is 15.9 Å². The number of ether oxygens (including phenoxy) is 1. The molecular formula is C13H15F3N2O4S. The highest BCUT2D eigenvalue weighted by Crippen LogP contribution is 2.20. The molecule has 1 saturated heterocycles. The number of amides is 1. The molecule has 0 atom stereocenters. The van der Waals surface area contributed by atoms with Gasteiger partial charge in [-0.2, -0.15) is 13.2 Å². The first kappa shape index (κ1) is 17.5. The van der Waals surface area contributed by atoms with E-state index in [4.69, 9.17) is 0 Å². The number of carbonyl (C=O) groups is 1. The van der Waals surface area contributed by atoms with Gasteiger partial charge in [-0.25, -0.2) is 13.1 Å². The van der Waals surface area contributed by atoms with Gasteiger partial charge in [-0.05, 0) is 18.2 Å². The fourth-order valence-electron chi connectivity index (χ4n) is 2.02. The van der Waals surface area contributed by atoms with Crippen LogP contribution in [0.5, 0.6) is 5.75 Å². The first-order valence-electron chi connectivity index (χ1n) is 6.72. The van der Waals surface area contributed by atoms with E-state index >= 15 is 0 Å². The molecule has 1 aliphatic heterocycles. The number of nitrogens with zero attached hydrogens (tertiary/aromatic N) is 1. The van der Waals surface area contributed by atoms with Crippen molar-refractivity contribution in [1.82, 2.24) is 9.62 Å². The molecule has 1 aromatic rings. The maximum atomic E-state index is 12.3. The Hall–Kier alpha value is -1.81. The van der Waals surface area contributed by atoms with E-state index in [0.29, 0.717) is 0 Å². The highest BCUT2D eigenvalue weighted by atomic mass is 32.2. The van der Waals surface area contributed by atoms with E-state index in [-0.39, 0.29) is 36.7 Å². The molecule has 0 aromatic heterocycles. The number of halogens is 3. The molecular weight excluding hydrogens is 337 g/mol. The summed E-state index contributed by atoms with van der Waals surface area (Å²) >= 11 is 0. The fourth-order valence-corrected chi connectivity index (χ4v) is 3.03. The number of carbonyl (C=O) groups excluding carboxylic acids is 1. The van der Waals surface area contributed by atoms with Crippen LogP contribution in [0.1, 0.15) is 10.4 Å². The molecule has 0 aliphatic carbocycles. The van der Waals surface area contributed by atoms with E-state index in [1.165, 1.54) is 29.2 Å². The topological polar surface area (TPSA) is 75.7 Å². The second kappa shape index (κ2) is 6.75. The Morgan fingerprint density at radius 3 is 2.74 bits per heavy atom. The van der Waals surface area contributed by atoms with Crippen molar-refractivity contribution in [3.05, 3.63) is 29.8 Å². The lowest BCUT2D eigenvalue weighted by atomic mass is 10.2. The zero-order valence-electron chi connectivity index (χ0n) is 12.0. The van der Waals surface area contributed by atoms with E-state index in [1.807, 2.05) is 0 Å². The molecule has 1 heterocycles. The molecule has 0 saturated carbocycles. The third-order valence-electron chi connectivity index (χ3n) is 3.10. The Labute approximate surface area is 131 Å². The Bertz CT molecular complexity index is 676. The lowest BCUT2D eigenvalue weighted by molar-refractivity contribution is -0.153. The predicted octanol–water partition coefficient (Wildman–Crippen LogP) is 1.00. The molecule has 1 aromatic carbocycles. The van der Waals surface area contributed by atoms with E-state index in [1.54, 1.807) is 0 Å². The summed E-state index contributed by atoms with van der Waals surface area (Å²) < 4.78 is 66.2. The SMILES string of the molecule is O=C(c1cccc(OCC(F)(F)F)c1)N1CCNS(=O)(=O)CC1. The van der Waals surface area contributed by atoms with Gasteiger partial charge in [0.2, 0.25) is 10.0 Å². The van der Waals surface area contributed by atoms with Crippen LogP contribution in [0.25, 0.3) is 0 Å². The average molecular weight is 352 g/mol. The number of hydrogen-bond donors (Lipinski definition) is 1. The van der Waals surface area contributed by atoms with Gasteiger partial charge in [0, 0.05) is 25.2 Å². The number of alkyl halides is 3. The monoisotopic (exact) mass is 352 g/mol. The molecule has 1 amide bonds. The number of nitrogens with one attached hydrogen (secondary N) is 1. The van der Waals surface area contributed by atoms with Gasteiger partial charge in [0.15, 0.2) is 6.61 Å². The number of rotatable bonds is 3. The first-order chi connectivity index (χ1) is 10.7. The minimum atomic E-state index is -4.47. The summed E-state index contributed by atoms with van der Waals surface area (Å²) in [6.45, 7) is -1.15. The number of hydrogen-bond acceptors (Lipinski definition) is 4. The summed E-state index contributed by atoms with van der Waals surface area (Å²) in [5.74, 6) is -0.752. The van der Waals surface area contributed by atoms with Crippen molar-refractivity contribution in [2.24, 2.45) is 0 Å². The van der Waals surface area contributed by atoms with E-state index in [0.717, 1.165) is 0 Å². The quantitative estimate of drug-likeness (QED) is 0.881. The van der Waals surface area contributed by atoms with E-state index in [2.05, 4.69) is 9.46 Å². The summed E-state index contributed by atoms with van der Waals surface area (Å²) in [4.78, 5) is 13.7. The van der Waals surface area contributed by atoms with Crippen LogP contribution in [0.4, 0.5) is 13.2 Å². The summed E-state index contributed by atoms with van der Waals surface area (Å²) in [6, 6.07) is 5.37. The van der Waals surface area contributed by atoms with Crippen LogP contribution in [0.15, 0.2) is 24.3 Å². The molecule has 128 valence electrons. The number of sulfonamides is 1. The van der Waals surface area contributed by atoms with E-state index in [9.17, 15) is 26.4 Å². The Morgan fingerprint density at radius 1 is 1.30 bits per heavy atom. The van der Waals surface area contributed by atoms with Crippen molar-refractivity contribution in [3.63, 3.8) is 0 Å². The van der Waals surface area contributed by atoms with Crippen molar-refractivity contribution < 1.29 is 31.1 Å². The Kier molecular flexibility index (Phi) is 5.15. The maximum Gasteiger partial charge on any atom is 0.422 e. The van der Waals surface area contributed by atoms with Crippen LogP contribution in [-0.2, 0) is 10.0 Å². The third kappa shape index (κ3) is 5.39. The van der Waals surface area contributed by atoms with Crippen LogP contribution in [0.3, 0.4) is 0 Å². The van der Waals surface area contributed by atoms with Crippen molar-refractivity contribution in [2.45, 2.75) is 6.18 Å². The lowest BCUT2D eigenvalue weighted by Crippen LogP contribution is -2.34.